The van der Waals surface area contributed by atoms with Gasteiger partial charge in [-0.3, -0.25) is 9.59 Å². The molecular formula is C28H22N2O3. The maximum absolute atomic E-state index is 13.5. The Bertz CT molecular complexity index is 1210. The van der Waals surface area contributed by atoms with Crippen molar-refractivity contribution in [2.75, 3.05) is 6.61 Å². The van der Waals surface area contributed by atoms with Crippen molar-refractivity contribution in [1.82, 2.24) is 5.01 Å². The molecule has 2 atom stereocenters. The summed E-state index contributed by atoms with van der Waals surface area (Å²) in [5, 5.41) is 5.44. The summed E-state index contributed by atoms with van der Waals surface area (Å²) in [4.78, 5) is 27.1. The number of benzene rings is 3. The van der Waals surface area contributed by atoms with E-state index in [0.717, 1.165) is 32.8 Å². The molecule has 1 saturated heterocycles. The van der Waals surface area contributed by atoms with E-state index in [1.54, 1.807) is 12.3 Å². The zero-order valence-electron chi connectivity index (χ0n) is 17.9. The molecule has 162 valence electrons. The quantitative estimate of drug-likeness (QED) is 0.338. The van der Waals surface area contributed by atoms with Crippen LogP contribution in [0.25, 0.3) is 0 Å². The minimum absolute atomic E-state index is 0.125. The van der Waals surface area contributed by atoms with Gasteiger partial charge in [-0.05, 0) is 39.9 Å². The van der Waals surface area contributed by atoms with Crippen LogP contribution in [-0.4, -0.2) is 29.6 Å². The predicted octanol–water partition coefficient (Wildman–Crippen LogP) is 4.48. The molecule has 0 saturated carbocycles. The average molecular weight is 434 g/mol. The summed E-state index contributed by atoms with van der Waals surface area (Å²) < 4.78 is 5.57. The first-order valence-corrected chi connectivity index (χ1v) is 11.1. The third-order valence-electron chi connectivity index (χ3n) is 6.97. The van der Waals surface area contributed by atoms with Crippen molar-refractivity contribution in [1.29, 1.82) is 0 Å². The molecule has 1 heterocycles. The second-order valence-corrected chi connectivity index (χ2v) is 8.67. The Balaban J connectivity index is 1.37. The Kier molecular flexibility index (Phi) is 4.50. The first kappa shape index (κ1) is 19.7. The van der Waals surface area contributed by atoms with E-state index in [4.69, 9.17) is 4.74 Å². The van der Waals surface area contributed by atoms with Gasteiger partial charge < -0.3 is 4.74 Å². The summed E-state index contributed by atoms with van der Waals surface area (Å²) in [5.41, 5.74) is 5.37. The zero-order chi connectivity index (χ0) is 22.5. The number of imide groups is 1. The lowest BCUT2D eigenvalue weighted by atomic mass is 9.55. The molecule has 0 aromatic heterocycles. The fraction of sp³-hybridized carbons (Fsp3) is 0.179. The Morgan fingerprint density at radius 1 is 0.818 bits per heavy atom. The van der Waals surface area contributed by atoms with Crippen molar-refractivity contribution >= 4 is 18.0 Å². The maximum atomic E-state index is 13.5. The fourth-order valence-corrected chi connectivity index (χ4v) is 5.74. The summed E-state index contributed by atoms with van der Waals surface area (Å²) in [7, 11) is 0. The topological polar surface area (TPSA) is 59.0 Å². The molecule has 3 aromatic rings. The Hall–Kier alpha value is -3.99. The highest BCUT2D eigenvalue weighted by Crippen LogP contribution is 2.60. The summed E-state index contributed by atoms with van der Waals surface area (Å²) in [6.45, 7) is 4.05. The van der Waals surface area contributed by atoms with E-state index in [1.807, 2.05) is 48.5 Å². The number of hydrazone groups is 1. The molecule has 7 rings (SSSR count). The second kappa shape index (κ2) is 7.55. The molecule has 0 radical (unpaired) electrons. The molecule has 3 aromatic carbocycles. The van der Waals surface area contributed by atoms with Gasteiger partial charge in [-0.25, -0.2) is 0 Å². The van der Waals surface area contributed by atoms with Crippen LogP contribution in [0.5, 0.6) is 5.75 Å². The molecule has 5 heteroatoms. The number of hydrogen-bond donors (Lipinski definition) is 0. The van der Waals surface area contributed by atoms with Crippen molar-refractivity contribution in [3.8, 4) is 5.75 Å². The minimum atomic E-state index is -0.424. The molecule has 1 fully saturated rings. The number of carbonyl (C=O) groups excluding carboxylic acids is 2. The van der Waals surface area contributed by atoms with E-state index < -0.39 is 11.8 Å². The molecule has 3 aliphatic carbocycles. The van der Waals surface area contributed by atoms with Gasteiger partial charge in [-0.2, -0.15) is 10.1 Å². The van der Waals surface area contributed by atoms with Gasteiger partial charge in [0, 0.05) is 11.8 Å². The smallest absolute Gasteiger partial charge is 0.254 e. The van der Waals surface area contributed by atoms with Crippen LogP contribution in [0.3, 0.4) is 0 Å². The number of hydrogen-bond acceptors (Lipinski definition) is 4. The van der Waals surface area contributed by atoms with E-state index in [9.17, 15) is 9.59 Å². The number of ether oxygens (including phenoxy) is 1. The van der Waals surface area contributed by atoms with E-state index in [0.29, 0.717) is 12.4 Å². The van der Waals surface area contributed by atoms with Gasteiger partial charge in [-0.1, -0.05) is 73.3 Å². The van der Waals surface area contributed by atoms with Crippen LogP contribution in [0.1, 0.15) is 39.7 Å². The summed E-state index contributed by atoms with van der Waals surface area (Å²) in [5.74, 6) is -0.869. The Labute approximate surface area is 192 Å². The van der Waals surface area contributed by atoms with Gasteiger partial charge in [0.05, 0.1) is 18.1 Å². The molecular weight excluding hydrogens is 412 g/mol. The SMILES string of the molecule is C=CCOc1cccc(/C=N\N2C(=O)[C@@H]3C4c5ccccc5C(c5ccccc54)[C@H]3C2=O)c1. The highest BCUT2D eigenvalue weighted by Gasteiger charge is 2.61. The van der Waals surface area contributed by atoms with E-state index in [-0.39, 0.29) is 23.7 Å². The lowest BCUT2D eigenvalue weighted by molar-refractivity contribution is -0.139. The molecule has 0 N–H and O–H groups in total. The molecule has 5 nitrogen and oxygen atoms in total. The van der Waals surface area contributed by atoms with Crippen LogP contribution in [0.4, 0.5) is 0 Å². The monoisotopic (exact) mass is 434 g/mol. The standard InChI is InChI=1S/C28H22N2O3/c1-2-14-33-18-9-7-8-17(15-18)16-29-30-27(31)25-23-19-10-3-4-11-20(19)24(26(25)28(30)32)22-13-6-5-12-21(22)23/h2-13,15-16,23-26H,1,14H2/b29-16-/t23?,24?,25-,26-/m1/s1. The normalized spacial score (nSPS) is 24.5. The fourth-order valence-electron chi connectivity index (χ4n) is 5.74. The van der Waals surface area contributed by atoms with Crippen LogP contribution >= 0.6 is 0 Å². The molecule has 0 unspecified atom stereocenters. The zero-order valence-corrected chi connectivity index (χ0v) is 17.9. The van der Waals surface area contributed by atoms with Gasteiger partial charge in [-0.15, -0.1) is 0 Å². The first-order valence-electron chi connectivity index (χ1n) is 11.1. The van der Waals surface area contributed by atoms with Gasteiger partial charge in [0.2, 0.25) is 0 Å². The van der Waals surface area contributed by atoms with E-state index in [2.05, 4.69) is 35.9 Å². The van der Waals surface area contributed by atoms with Crippen molar-refractivity contribution in [2.45, 2.75) is 11.8 Å². The Morgan fingerprint density at radius 2 is 1.36 bits per heavy atom. The second-order valence-electron chi connectivity index (χ2n) is 8.67. The Morgan fingerprint density at radius 3 is 1.88 bits per heavy atom. The summed E-state index contributed by atoms with van der Waals surface area (Å²) in [6.07, 6.45) is 3.23. The predicted molar refractivity (Wildman–Crippen MR) is 125 cm³/mol. The minimum Gasteiger partial charge on any atom is -0.490 e. The van der Waals surface area contributed by atoms with Crippen LogP contribution < -0.4 is 4.74 Å². The number of rotatable bonds is 5. The van der Waals surface area contributed by atoms with Crippen LogP contribution in [0.15, 0.2) is 90.6 Å². The highest BCUT2D eigenvalue weighted by atomic mass is 16.5. The van der Waals surface area contributed by atoms with Gasteiger partial charge in [0.25, 0.3) is 11.8 Å². The number of amides is 2. The maximum Gasteiger partial charge on any atom is 0.254 e. The van der Waals surface area contributed by atoms with Crippen molar-refractivity contribution < 1.29 is 14.3 Å². The van der Waals surface area contributed by atoms with Gasteiger partial charge in [0.15, 0.2) is 0 Å². The largest absolute Gasteiger partial charge is 0.490 e. The average Bonchev–Trinajstić information content (AvgIpc) is 3.11. The van der Waals surface area contributed by atoms with Crippen LogP contribution in [0.2, 0.25) is 0 Å². The van der Waals surface area contributed by atoms with Crippen molar-refractivity contribution in [3.05, 3.63) is 113 Å². The summed E-state index contributed by atoms with van der Waals surface area (Å²) >= 11 is 0. The van der Waals surface area contributed by atoms with Crippen LogP contribution in [0, 0.1) is 11.8 Å². The third-order valence-corrected chi connectivity index (χ3v) is 6.97. The first-order chi connectivity index (χ1) is 16.2. The molecule has 2 bridgehead atoms. The lowest BCUT2D eigenvalue weighted by Gasteiger charge is -2.45. The third kappa shape index (κ3) is 2.89. The molecule has 0 spiro atoms. The van der Waals surface area contributed by atoms with E-state index >= 15 is 0 Å². The van der Waals surface area contributed by atoms with E-state index in [1.165, 1.54) is 0 Å². The number of nitrogens with zero attached hydrogens (tertiary/aromatic N) is 2. The molecule has 2 amide bonds. The van der Waals surface area contributed by atoms with Crippen LogP contribution in [-0.2, 0) is 9.59 Å². The van der Waals surface area contributed by atoms with Gasteiger partial charge in [0.1, 0.15) is 12.4 Å². The molecule has 33 heavy (non-hydrogen) atoms. The van der Waals surface area contributed by atoms with Gasteiger partial charge >= 0.3 is 0 Å². The molecule has 1 aliphatic heterocycles. The van der Waals surface area contributed by atoms with Crippen molar-refractivity contribution in [2.24, 2.45) is 16.9 Å². The highest BCUT2D eigenvalue weighted by molar-refractivity contribution is 6.08. The van der Waals surface area contributed by atoms with Crippen molar-refractivity contribution in [3.63, 3.8) is 0 Å². The summed E-state index contributed by atoms with van der Waals surface area (Å²) in [6, 6.07) is 23.8. The number of carbonyl (C=O) groups is 2. The lowest BCUT2D eigenvalue weighted by Crippen LogP contribution is -2.41. The molecule has 4 aliphatic rings.